The number of benzene rings is 2. The van der Waals surface area contributed by atoms with Crippen LogP contribution in [0.25, 0.3) is 17.1 Å². The van der Waals surface area contributed by atoms with Crippen LogP contribution in [-0.2, 0) is 29.0 Å². The van der Waals surface area contributed by atoms with E-state index in [1.165, 1.54) is 27.6 Å². The normalized spacial score (nSPS) is 13.7. The Balaban J connectivity index is 1.34. The number of aliphatic hydroxyl groups is 1. The lowest BCUT2D eigenvalue weighted by Crippen LogP contribution is -2.38. The Morgan fingerprint density at radius 1 is 1.06 bits per heavy atom. The van der Waals surface area contributed by atoms with E-state index in [1.54, 1.807) is 6.92 Å². The van der Waals surface area contributed by atoms with Gasteiger partial charge in [0.05, 0.1) is 44.4 Å². The monoisotopic (exact) mass is 662 g/mol. The quantitative estimate of drug-likeness (QED) is 0.0977. The average molecular weight is 663 g/mol. The van der Waals surface area contributed by atoms with Crippen LogP contribution in [0.5, 0.6) is 11.6 Å². The number of carbonyl (C=O) groups excluding carboxylic acids is 1. The molecule has 0 amide bonds. The number of carbonyl (C=O) groups is 1. The number of nitrogens with zero attached hydrogens (tertiary/aromatic N) is 4. The van der Waals surface area contributed by atoms with E-state index in [0.717, 1.165) is 42.0 Å². The molecule has 2 aromatic heterocycles. The fourth-order valence-corrected chi connectivity index (χ4v) is 6.01. The molecule has 0 saturated carbocycles. The van der Waals surface area contributed by atoms with Gasteiger partial charge in [0.2, 0.25) is 5.88 Å². The van der Waals surface area contributed by atoms with Crippen LogP contribution in [0.1, 0.15) is 52.0 Å². The van der Waals surface area contributed by atoms with Gasteiger partial charge in [-0.3, -0.25) is 4.90 Å². The number of aliphatic hydroxyl groups excluding tert-OH is 1. The number of pyridine rings is 1. The number of hydrogen-bond donors (Lipinski definition) is 1. The second kappa shape index (κ2) is 16.2. The van der Waals surface area contributed by atoms with Crippen molar-refractivity contribution in [2.45, 2.75) is 53.4 Å². The molecule has 0 unspecified atom stereocenters. The van der Waals surface area contributed by atoms with Crippen LogP contribution in [-0.4, -0.2) is 82.2 Å². The third-order valence-corrected chi connectivity index (χ3v) is 8.35. The maximum Gasteiger partial charge on any atom is 0.345 e. The summed E-state index contributed by atoms with van der Waals surface area (Å²) >= 11 is 5.67. The lowest BCUT2D eigenvalue weighted by Gasteiger charge is -2.31. The maximum absolute atomic E-state index is 12.5. The molecule has 250 valence electrons. The minimum atomic E-state index is -0.541. The first kappa shape index (κ1) is 34.4. The number of alkyl halides is 1. The number of fused-ring (bicyclic) bond motifs is 1. The molecule has 10 nitrogen and oxygen atoms in total. The van der Waals surface area contributed by atoms with Crippen molar-refractivity contribution in [1.29, 1.82) is 0 Å². The van der Waals surface area contributed by atoms with Crippen LogP contribution in [0.4, 0.5) is 0 Å². The molecule has 11 heteroatoms. The molecule has 1 N–H and O–H groups in total. The second-order valence-corrected chi connectivity index (χ2v) is 11.8. The Labute approximate surface area is 281 Å². The first-order chi connectivity index (χ1) is 22.8. The average Bonchev–Trinajstić information content (AvgIpc) is 3.49. The van der Waals surface area contributed by atoms with E-state index < -0.39 is 12.1 Å². The van der Waals surface area contributed by atoms with Crippen molar-refractivity contribution in [2.24, 2.45) is 0 Å². The number of rotatable bonds is 15. The topological polar surface area (TPSA) is 108 Å². The maximum atomic E-state index is 12.5. The zero-order chi connectivity index (χ0) is 33.3. The van der Waals surface area contributed by atoms with Gasteiger partial charge >= 0.3 is 5.97 Å². The van der Waals surface area contributed by atoms with E-state index in [-0.39, 0.29) is 18.1 Å². The number of esters is 1. The van der Waals surface area contributed by atoms with E-state index in [2.05, 4.69) is 29.1 Å². The number of β-amino-alcohol motifs (C(OH)–C–C–N with tert-alkyl or cyclic N) is 1. The molecule has 4 aromatic rings. The van der Waals surface area contributed by atoms with Gasteiger partial charge in [-0.1, -0.05) is 30.3 Å². The Morgan fingerprint density at radius 2 is 1.89 bits per heavy atom. The van der Waals surface area contributed by atoms with Crippen LogP contribution < -0.4 is 9.47 Å². The van der Waals surface area contributed by atoms with Crippen molar-refractivity contribution < 1.29 is 28.8 Å². The second-order valence-electron chi connectivity index (χ2n) is 11.4. The van der Waals surface area contributed by atoms with Gasteiger partial charge in [-0.2, -0.15) is 9.78 Å². The highest BCUT2D eigenvalue weighted by molar-refractivity contribution is 6.17. The predicted octanol–water partition coefficient (Wildman–Crippen LogP) is 5.68. The Hall–Kier alpha value is -3.96. The number of hydrogen-bond acceptors (Lipinski definition) is 9. The molecular formula is C36H43ClN4O6. The van der Waals surface area contributed by atoms with Crippen molar-refractivity contribution in [2.75, 3.05) is 45.4 Å². The molecule has 5 rings (SSSR count). The number of aryl methyl sites for hydroxylation is 1. The molecule has 2 aromatic carbocycles. The van der Waals surface area contributed by atoms with E-state index in [1.807, 2.05) is 50.2 Å². The van der Waals surface area contributed by atoms with Crippen molar-refractivity contribution in [1.82, 2.24) is 19.7 Å². The zero-order valence-electron chi connectivity index (χ0n) is 27.5. The predicted molar refractivity (Wildman–Crippen MR) is 181 cm³/mol. The number of para-hydroxylation sites is 1. The summed E-state index contributed by atoms with van der Waals surface area (Å²) in [5, 5.41) is 14.8. The summed E-state index contributed by atoms with van der Waals surface area (Å²) in [6.07, 6.45) is 1.81. The lowest BCUT2D eigenvalue weighted by atomic mass is 9.92. The summed E-state index contributed by atoms with van der Waals surface area (Å²) in [6.45, 7) is 11.8. The minimum absolute atomic E-state index is 0.249. The Kier molecular flexibility index (Phi) is 11.9. The van der Waals surface area contributed by atoms with Crippen LogP contribution in [0.2, 0.25) is 0 Å². The van der Waals surface area contributed by atoms with Crippen molar-refractivity contribution in [3.8, 4) is 28.7 Å². The molecular weight excluding hydrogens is 620 g/mol. The van der Waals surface area contributed by atoms with Crippen LogP contribution in [0.15, 0.2) is 54.7 Å². The first-order valence-corrected chi connectivity index (χ1v) is 16.6. The zero-order valence-corrected chi connectivity index (χ0v) is 28.3. The molecule has 0 saturated heterocycles. The van der Waals surface area contributed by atoms with Crippen LogP contribution in [0, 0.1) is 13.8 Å². The Bertz CT molecular complexity index is 1680. The largest absolute Gasteiger partial charge is 0.488 e. The van der Waals surface area contributed by atoms with E-state index in [0.29, 0.717) is 50.4 Å². The number of halogens is 1. The molecule has 47 heavy (non-hydrogen) atoms. The van der Waals surface area contributed by atoms with Gasteiger partial charge in [0.15, 0.2) is 5.82 Å². The van der Waals surface area contributed by atoms with Gasteiger partial charge in [-0.05, 0) is 80.1 Å². The molecule has 0 bridgehead atoms. The van der Waals surface area contributed by atoms with Crippen LogP contribution >= 0.6 is 11.6 Å². The molecule has 1 aliphatic heterocycles. The first-order valence-electron chi connectivity index (χ1n) is 16.1. The van der Waals surface area contributed by atoms with Gasteiger partial charge < -0.3 is 24.1 Å². The van der Waals surface area contributed by atoms with Crippen LogP contribution in [0.3, 0.4) is 0 Å². The van der Waals surface area contributed by atoms with Crippen molar-refractivity contribution in [3.63, 3.8) is 0 Å². The standard InChI is InChI=1S/C36H43ClN4O6/c1-5-45-35-31(36(43)46-6-2)19-38-41(35)33-12-8-11-32(39-33)30-10-7-9-24(3)34(30)47-22-27-14-13-26-20-40(17-15-29(26)25(27)4)21-28(42)23-44-18-16-37/h7-14,19,28,42H,5-6,15-18,20-23H2,1-4H3/t28-/m0/s1. The van der Waals surface area contributed by atoms with Gasteiger partial charge in [0, 0.05) is 31.1 Å². The molecule has 0 fully saturated rings. The van der Waals surface area contributed by atoms with Gasteiger partial charge in [-0.25, -0.2) is 9.78 Å². The van der Waals surface area contributed by atoms with E-state index >= 15 is 0 Å². The highest BCUT2D eigenvalue weighted by Crippen LogP contribution is 2.34. The third-order valence-electron chi connectivity index (χ3n) is 8.19. The fourth-order valence-electron chi connectivity index (χ4n) is 5.90. The third kappa shape index (κ3) is 8.13. The highest BCUT2D eigenvalue weighted by atomic mass is 35.5. The SMILES string of the molecule is CCOC(=O)c1cnn(-c2cccc(-c3cccc(C)c3OCc3ccc4c(c3C)CCN(C[C@H](O)COCCCl)C4)n2)c1OCC. The minimum Gasteiger partial charge on any atom is -0.488 e. The number of aromatic nitrogens is 3. The summed E-state index contributed by atoms with van der Waals surface area (Å²) in [4.78, 5) is 19.7. The van der Waals surface area contributed by atoms with Crippen molar-refractivity contribution >= 4 is 17.6 Å². The van der Waals surface area contributed by atoms with E-state index in [4.69, 9.17) is 35.5 Å². The summed E-state index contributed by atoms with van der Waals surface area (Å²) in [5.74, 6) is 1.47. The highest BCUT2D eigenvalue weighted by Gasteiger charge is 2.24. The van der Waals surface area contributed by atoms with E-state index in [9.17, 15) is 9.90 Å². The van der Waals surface area contributed by atoms with Gasteiger partial charge in [0.1, 0.15) is 17.9 Å². The summed E-state index contributed by atoms with van der Waals surface area (Å²) in [7, 11) is 0. The van der Waals surface area contributed by atoms with Crippen molar-refractivity contribution in [3.05, 3.63) is 88.1 Å². The lowest BCUT2D eigenvalue weighted by molar-refractivity contribution is 0.0192. The molecule has 0 radical (unpaired) electrons. The summed E-state index contributed by atoms with van der Waals surface area (Å²) < 4.78 is 24.5. The fraction of sp³-hybridized carbons (Fsp3) is 0.417. The van der Waals surface area contributed by atoms with Gasteiger partial charge in [0.25, 0.3) is 0 Å². The molecule has 1 aliphatic rings. The summed E-state index contributed by atoms with van der Waals surface area (Å²) in [5.41, 5.74) is 7.79. The number of ether oxygens (including phenoxy) is 4. The summed E-state index contributed by atoms with van der Waals surface area (Å²) in [6, 6.07) is 16.0. The smallest absolute Gasteiger partial charge is 0.345 e. The van der Waals surface area contributed by atoms with Gasteiger partial charge in [-0.15, -0.1) is 11.6 Å². The Morgan fingerprint density at radius 3 is 2.68 bits per heavy atom. The molecule has 3 heterocycles. The molecule has 0 spiro atoms. The molecule has 1 atom stereocenters. The molecule has 0 aliphatic carbocycles.